The molecule has 1 heterocycles. The Bertz CT molecular complexity index is 1050. The first-order chi connectivity index (χ1) is 13.4. The molecule has 3 aromatic rings. The van der Waals surface area contributed by atoms with Crippen LogP contribution in [0.5, 0.6) is 11.5 Å². The summed E-state index contributed by atoms with van der Waals surface area (Å²) >= 11 is 0. The Morgan fingerprint density at radius 2 is 1.79 bits per heavy atom. The third kappa shape index (κ3) is 4.46. The lowest BCUT2D eigenvalue weighted by molar-refractivity contribution is 0.355. The fourth-order valence-electron chi connectivity index (χ4n) is 2.44. The molecule has 0 aliphatic heterocycles. The Morgan fingerprint density at radius 3 is 2.46 bits per heavy atom. The SMILES string of the molecule is COc1ccc(-c2noc(CCNS(=O)(=O)c3ccc(F)cc3)n2)cc1OC. The molecule has 0 fully saturated rings. The van der Waals surface area contributed by atoms with Gasteiger partial charge in [-0.2, -0.15) is 4.98 Å². The van der Waals surface area contributed by atoms with E-state index in [0.717, 1.165) is 12.1 Å². The van der Waals surface area contributed by atoms with E-state index in [1.807, 2.05) is 0 Å². The lowest BCUT2D eigenvalue weighted by atomic mass is 10.2. The van der Waals surface area contributed by atoms with E-state index in [2.05, 4.69) is 14.9 Å². The minimum Gasteiger partial charge on any atom is -0.493 e. The van der Waals surface area contributed by atoms with Crippen LogP contribution < -0.4 is 14.2 Å². The van der Waals surface area contributed by atoms with E-state index in [-0.39, 0.29) is 23.8 Å². The molecule has 148 valence electrons. The minimum absolute atomic E-state index is 0.0227. The van der Waals surface area contributed by atoms with E-state index in [1.165, 1.54) is 26.4 Å². The van der Waals surface area contributed by atoms with Gasteiger partial charge in [-0.25, -0.2) is 17.5 Å². The number of hydrogen-bond acceptors (Lipinski definition) is 7. The van der Waals surface area contributed by atoms with Crippen molar-refractivity contribution < 1.29 is 26.8 Å². The Balaban J connectivity index is 1.64. The molecule has 10 heteroatoms. The van der Waals surface area contributed by atoms with Gasteiger partial charge < -0.3 is 14.0 Å². The largest absolute Gasteiger partial charge is 0.493 e. The number of ether oxygens (including phenoxy) is 2. The van der Waals surface area contributed by atoms with Crippen molar-refractivity contribution in [3.05, 3.63) is 54.2 Å². The molecule has 0 bridgehead atoms. The zero-order valence-corrected chi connectivity index (χ0v) is 16.0. The number of methoxy groups -OCH3 is 2. The Labute approximate surface area is 161 Å². The van der Waals surface area contributed by atoms with E-state index >= 15 is 0 Å². The van der Waals surface area contributed by atoms with E-state index in [1.54, 1.807) is 18.2 Å². The number of nitrogens with zero attached hydrogens (tertiary/aromatic N) is 2. The molecule has 0 amide bonds. The van der Waals surface area contributed by atoms with Crippen molar-refractivity contribution in [3.63, 3.8) is 0 Å². The average molecular weight is 407 g/mol. The molecule has 0 aliphatic rings. The molecule has 0 unspecified atom stereocenters. The van der Waals surface area contributed by atoms with Crippen molar-refractivity contribution in [1.82, 2.24) is 14.9 Å². The smallest absolute Gasteiger partial charge is 0.240 e. The fraction of sp³-hybridized carbons (Fsp3) is 0.222. The molecule has 0 aliphatic carbocycles. The van der Waals surface area contributed by atoms with Crippen LogP contribution in [0.1, 0.15) is 5.89 Å². The van der Waals surface area contributed by atoms with Gasteiger partial charge in [-0.3, -0.25) is 0 Å². The minimum atomic E-state index is -3.75. The van der Waals surface area contributed by atoms with Crippen LogP contribution >= 0.6 is 0 Å². The van der Waals surface area contributed by atoms with Crippen LogP contribution in [0.2, 0.25) is 0 Å². The molecule has 0 spiro atoms. The summed E-state index contributed by atoms with van der Waals surface area (Å²) in [6.45, 7) is 0.0489. The van der Waals surface area contributed by atoms with Crippen LogP contribution in [0.25, 0.3) is 11.4 Å². The normalized spacial score (nSPS) is 11.4. The van der Waals surface area contributed by atoms with Crippen molar-refractivity contribution in [3.8, 4) is 22.9 Å². The first-order valence-corrected chi connectivity index (χ1v) is 9.71. The van der Waals surface area contributed by atoms with Gasteiger partial charge in [0.1, 0.15) is 5.82 Å². The molecule has 1 aromatic heterocycles. The predicted molar refractivity (Wildman–Crippen MR) is 98.1 cm³/mol. The molecule has 0 saturated heterocycles. The molecular weight excluding hydrogens is 389 g/mol. The third-order valence-corrected chi connectivity index (χ3v) is 5.34. The summed E-state index contributed by atoms with van der Waals surface area (Å²) in [7, 11) is -0.683. The monoisotopic (exact) mass is 407 g/mol. The molecule has 0 radical (unpaired) electrons. The van der Waals surface area contributed by atoms with Gasteiger partial charge >= 0.3 is 0 Å². The molecule has 3 rings (SSSR count). The second-order valence-electron chi connectivity index (χ2n) is 5.68. The summed E-state index contributed by atoms with van der Waals surface area (Å²) < 4.78 is 55.3. The third-order valence-electron chi connectivity index (χ3n) is 3.86. The van der Waals surface area contributed by atoms with E-state index in [0.29, 0.717) is 22.9 Å². The predicted octanol–water partition coefficient (Wildman–Crippen LogP) is 2.41. The van der Waals surface area contributed by atoms with Crippen LogP contribution in [0.4, 0.5) is 4.39 Å². The summed E-state index contributed by atoms with van der Waals surface area (Å²) in [5, 5.41) is 3.90. The summed E-state index contributed by atoms with van der Waals surface area (Å²) in [6, 6.07) is 9.75. The van der Waals surface area contributed by atoms with Gasteiger partial charge in [0.15, 0.2) is 11.5 Å². The second kappa shape index (κ2) is 8.36. The highest BCUT2D eigenvalue weighted by molar-refractivity contribution is 7.89. The Morgan fingerprint density at radius 1 is 1.07 bits per heavy atom. The standard InChI is InChI=1S/C18H18FN3O5S/c1-25-15-8-3-12(11-16(15)26-2)18-21-17(27-22-18)9-10-20-28(23,24)14-6-4-13(19)5-7-14/h3-8,11,20H,9-10H2,1-2H3. The van der Waals surface area contributed by atoms with Crippen molar-refractivity contribution in [2.45, 2.75) is 11.3 Å². The van der Waals surface area contributed by atoms with E-state index in [4.69, 9.17) is 14.0 Å². The summed E-state index contributed by atoms with van der Waals surface area (Å²) in [4.78, 5) is 4.23. The molecular formula is C18H18FN3O5S. The molecule has 0 saturated carbocycles. The number of nitrogens with one attached hydrogen (secondary N) is 1. The number of benzene rings is 2. The van der Waals surface area contributed by atoms with Crippen molar-refractivity contribution >= 4 is 10.0 Å². The first kappa shape index (κ1) is 19.8. The highest BCUT2D eigenvalue weighted by Crippen LogP contribution is 2.31. The summed E-state index contributed by atoms with van der Waals surface area (Å²) in [5.74, 6) is 1.21. The van der Waals surface area contributed by atoms with Crippen LogP contribution in [-0.4, -0.2) is 39.3 Å². The Kier molecular flexibility index (Phi) is 5.90. The maximum atomic E-state index is 12.9. The number of rotatable bonds is 8. The summed E-state index contributed by atoms with van der Waals surface area (Å²) in [5.41, 5.74) is 0.666. The maximum Gasteiger partial charge on any atom is 0.240 e. The molecule has 0 atom stereocenters. The van der Waals surface area contributed by atoms with Gasteiger partial charge in [0.25, 0.3) is 0 Å². The number of aromatic nitrogens is 2. The highest BCUT2D eigenvalue weighted by Gasteiger charge is 2.15. The first-order valence-electron chi connectivity index (χ1n) is 8.23. The van der Waals surface area contributed by atoms with Crippen LogP contribution in [0, 0.1) is 5.82 Å². The van der Waals surface area contributed by atoms with Crippen molar-refractivity contribution in [2.75, 3.05) is 20.8 Å². The number of hydrogen-bond donors (Lipinski definition) is 1. The van der Waals surface area contributed by atoms with E-state index < -0.39 is 15.8 Å². The van der Waals surface area contributed by atoms with Crippen LogP contribution in [0.3, 0.4) is 0 Å². The van der Waals surface area contributed by atoms with Gasteiger partial charge in [-0.1, -0.05) is 5.16 Å². The summed E-state index contributed by atoms with van der Waals surface area (Å²) in [6.07, 6.45) is 0.195. The zero-order valence-electron chi connectivity index (χ0n) is 15.2. The van der Waals surface area contributed by atoms with Gasteiger partial charge in [0.2, 0.25) is 21.7 Å². The topological polar surface area (TPSA) is 104 Å². The molecule has 1 N–H and O–H groups in total. The molecule has 8 nitrogen and oxygen atoms in total. The van der Waals surface area contributed by atoms with Gasteiger partial charge in [-0.05, 0) is 42.5 Å². The van der Waals surface area contributed by atoms with E-state index in [9.17, 15) is 12.8 Å². The van der Waals surface area contributed by atoms with Crippen LogP contribution in [-0.2, 0) is 16.4 Å². The molecule has 28 heavy (non-hydrogen) atoms. The number of sulfonamides is 1. The fourth-order valence-corrected chi connectivity index (χ4v) is 3.47. The highest BCUT2D eigenvalue weighted by atomic mass is 32.2. The second-order valence-corrected chi connectivity index (χ2v) is 7.45. The van der Waals surface area contributed by atoms with Gasteiger partial charge in [0.05, 0.1) is 19.1 Å². The lowest BCUT2D eigenvalue weighted by Crippen LogP contribution is -2.26. The van der Waals surface area contributed by atoms with Crippen molar-refractivity contribution in [2.24, 2.45) is 0 Å². The van der Waals surface area contributed by atoms with Crippen LogP contribution in [0.15, 0.2) is 51.9 Å². The number of halogens is 1. The zero-order chi connectivity index (χ0) is 20.1. The maximum absolute atomic E-state index is 12.9. The Hall–Kier alpha value is -2.98. The van der Waals surface area contributed by atoms with Crippen molar-refractivity contribution in [1.29, 1.82) is 0 Å². The molecule has 2 aromatic carbocycles. The van der Waals surface area contributed by atoms with Gasteiger partial charge in [0, 0.05) is 18.5 Å². The quantitative estimate of drug-likeness (QED) is 0.611. The lowest BCUT2D eigenvalue weighted by Gasteiger charge is -2.07. The van der Waals surface area contributed by atoms with Gasteiger partial charge in [-0.15, -0.1) is 0 Å². The average Bonchev–Trinajstić information content (AvgIpc) is 3.16.